The second-order valence-electron chi connectivity index (χ2n) is 4.47. The molecular weight excluding hydrogens is 236 g/mol. The Hall–Kier alpha value is -1.10. The minimum atomic E-state index is -0.397. The number of carbonyl (C=O) groups is 2. The predicted octanol–water partition coefficient (Wildman–Crippen LogP) is 1.94. The van der Waals surface area contributed by atoms with Crippen molar-refractivity contribution < 1.29 is 23.8 Å². The van der Waals surface area contributed by atoms with Crippen LogP contribution in [0.3, 0.4) is 0 Å². The Kier molecular flexibility index (Phi) is 10.3. The Bertz CT molecular complexity index is 238. The smallest absolute Gasteiger partial charge is 0.306 e. The van der Waals surface area contributed by atoms with Crippen LogP contribution in [0, 0.1) is 5.92 Å². The lowest BCUT2D eigenvalue weighted by atomic mass is 10.1. The summed E-state index contributed by atoms with van der Waals surface area (Å²) in [5, 5.41) is 0. The third kappa shape index (κ3) is 11.4. The van der Waals surface area contributed by atoms with E-state index in [2.05, 4.69) is 13.8 Å². The number of hydrogen-bond acceptors (Lipinski definition) is 5. The molecule has 0 amide bonds. The summed E-state index contributed by atoms with van der Waals surface area (Å²) in [7, 11) is 1.53. The molecule has 0 fully saturated rings. The van der Waals surface area contributed by atoms with Crippen LogP contribution >= 0.6 is 0 Å². The van der Waals surface area contributed by atoms with Gasteiger partial charge < -0.3 is 14.2 Å². The van der Waals surface area contributed by atoms with Gasteiger partial charge in [-0.15, -0.1) is 0 Å². The van der Waals surface area contributed by atoms with E-state index in [9.17, 15) is 9.59 Å². The second-order valence-corrected chi connectivity index (χ2v) is 4.47. The van der Waals surface area contributed by atoms with Crippen molar-refractivity contribution in [3.05, 3.63) is 0 Å². The van der Waals surface area contributed by atoms with Crippen LogP contribution in [0.2, 0.25) is 0 Å². The molecule has 0 saturated heterocycles. The minimum absolute atomic E-state index is 0.0622. The zero-order valence-electron chi connectivity index (χ0n) is 11.6. The molecule has 0 rings (SSSR count). The number of methoxy groups -OCH3 is 1. The van der Waals surface area contributed by atoms with Crippen molar-refractivity contribution in [3.8, 4) is 0 Å². The molecule has 0 aromatic carbocycles. The van der Waals surface area contributed by atoms with Crippen LogP contribution in [0.5, 0.6) is 0 Å². The number of carbonyl (C=O) groups excluding carboxylic acids is 2. The maximum absolute atomic E-state index is 11.3. The number of ether oxygens (including phenoxy) is 3. The third-order valence-corrected chi connectivity index (χ3v) is 2.27. The molecule has 0 bridgehead atoms. The van der Waals surface area contributed by atoms with Crippen molar-refractivity contribution in [2.75, 3.05) is 26.9 Å². The topological polar surface area (TPSA) is 61.8 Å². The molecule has 0 spiro atoms. The summed E-state index contributed by atoms with van der Waals surface area (Å²) in [6.07, 6.45) is 2.04. The molecule has 5 heteroatoms. The summed E-state index contributed by atoms with van der Waals surface area (Å²) >= 11 is 0. The molecule has 0 N–H and O–H groups in total. The molecule has 0 radical (unpaired) electrons. The summed E-state index contributed by atoms with van der Waals surface area (Å²) in [5.41, 5.74) is 0. The van der Waals surface area contributed by atoms with E-state index in [1.54, 1.807) is 0 Å². The van der Waals surface area contributed by atoms with Gasteiger partial charge in [0.15, 0.2) is 0 Å². The molecule has 0 aromatic heterocycles. The van der Waals surface area contributed by atoms with Crippen LogP contribution in [-0.4, -0.2) is 38.9 Å². The first-order valence-corrected chi connectivity index (χ1v) is 6.36. The highest BCUT2D eigenvalue weighted by Gasteiger charge is 2.08. The molecule has 0 aliphatic carbocycles. The van der Waals surface area contributed by atoms with Crippen molar-refractivity contribution in [1.29, 1.82) is 0 Å². The van der Waals surface area contributed by atoms with Crippen LogP contribution < -0.4 is 0 Å². The average Bonchev–Trinajstić information content (AvgIpc) is 2.32. The van der Waals surface area contributed by atoms with Crippen molar-refractivity contribution in [1.82, 2.24) is 0 Å². The molecule has 106 valence electrons. The molecule has 0 aliphatic rings. The highest BCUT2D eigenvalue weighted by molar-refractivity contribution is 5.77. The Morgan fingerprint density at radius 2 is 1.50 bits per heavy atom. The fourth-order valence-corrected chi connectivity index (χ4v) is 1.26. The monoisotopic (exact) mass is 260 g/mol. The number of esters is 2. The number of rotatable bonds is 10. The van der Waals surface area contributed by atoms with Gasteiger partial charge in [0, 0.05) is 7.11 Å². The van der Waals surface area contributed by atoms with E-state index >= 15 is 0 Å². The molecule has 0 unspecified atom stereocenters. The summed E-state index contributed by atoms with van der Waals surface area (Å²) in [4.78, 5) is 22.4. The van der Waals surface area contributed by atoms with Crippen LogP contribution in [-0.2, 0) is 23.8 Å². The lowest BCUT2D eigenvalue weighted by molar-refractivity contribution is -0.151. The van der Waals surface area contributed by atoms with E-state index in [1.807, 2.05) is 0 Å². The second kappa shape index (κ2) is 11.0. The molecule has 0 aromatic rings. The summed E-state index contributed by atoms with van der Waals surface area (Å²) in [5.74, 6) is -0.131. The standard InChI is InChI=1S/C13H24O5/c1-11(2)5-4-8-17-12(14)6-7-13(15)18-10-9-16-3/h11H,4-10H2,1-3H3. The normalized spacial score (nSPS) is 10.4. The van der Waals surface area contributed by atoms with Crippen molar-refractivity contribution >= 4 is 11.9 Å². The van der Waals surface area contributed by atoms with E-state index in [1.165, 1.54) is 7.11 Å². The lowest BCUT2D eigenvalue weighted by Crippen LogP contribution is -2.13. The largest absolute Gasteiger partial charge is 0.466 e. The Morgan fingerprint density at radius 1 is 0.944 bits per heavy atom. The van der Waals surface area contributed by atoms with Gasteiger partial charge in [-0.25, -0.2) is 0 Å². The predicted molar refractivity (Wildman–Crippen MR) is 67.1 cm³/mol. The maximum atomic E-state index is 11.3. The van der Waals surface area contributed by atoms with Gasteiger partial charge in [-0.05, 0) is 18.8 Å². The fourth-order valence-electron chi connectivity index (χ4n) is 1.26. The Balaban J connectivity index is 3.43. The highest BCUT2D eigenvalue weighted by atomic mass is 16.6. The Morgan fingerprint density at radius 3 is 2.00 bits per heavy atom. The van der Waals surface area contributed by atoms with Crippen LogP contribution in [0.15, 0.2) is 0 Å². The van der Waals surface area contributed by atoms with Gasteiger partial charge in [0.2, 0.25) is 0 Å². The zero-order valence-corrected chi connectivity index (χ0v) is 11.6. The molecule has 0 aliphatic heterocycles. The average molecular weight is 260 g/mol. The summed E-state index contributed by atoms with van der Waals surface area (Å²) < 4.78 is 14.5. The first kappa shape index (κ1) is 16.9. The van der Waals surface area contributed by atoms with E-state index < -0.39 is 5.97 Å². The van der Waals surface area contributed by atoms with Crippen molar-refractivity contribution in [2.45, 2.75) is 39.5 Å². The van der Waals surface area contributed by atoms with E-state index in [4.69, 9.17) is 14.2 Å². The first-order valence-electron chi connectivity index (χ1n) is 6.36. The first-order chi connectivity index (χ1) is 8.56. The number of hydrogen-bond donors (Lipinski definition) is 0. The van der Waals surface area contributed by atoms with Gasteiger partial charge in [0.1, 0.15) is 6.61 Å². The summed E-state index contributed by atoms with van der Waals surface area (Å²) in [6.45, 7) is 5.26. The van der Waals surface area contributed by atoms with Crippen LogP contribution in [0.4, 0.5) is 0 Å². The summed E-state index contributed by atoms with van der Waals surface area (Å²) in [6, 6.07) is 0. The fraction of sp³-hybridized carbons (Fsp3) is 0.846. The lowest BCUT2D eigenvalue weighted by Gasteiger charge is -2.06. The van der Waals surface area contributed by atoms with Crippen LogP contribution in [0.1, 0.15) is 39.5 Å². The molecule has 0 saturated carbocycles. The third-order valence-electron chi connectivity index (χ3n) is 2.27. The molecule has 0 heterocycles. The van der Waals surface area contributed by atoms with Crippen molar-refractivity contribution in [2.24, 2.45) is 5.92 Å². The quantitative estimate of drug-likeness (QED) is 0.443. The SMILES string of the molecule is COCCOC(=O)CCC(=O)OCCCC(C)C. The van der Waals surface area contributed by atoms with Crippen molar-refractivity contribution in [3.63, 3.8) is 0 Å². The molecule has 18 heavy (non-hydrogen) atoms. The highest BCUT2D eigenvalue weighted by Crippen LogP contribution is 2.04. The van der Waals surface area contributed by atoms with E-state index in [-0.39, 0.29) is 25.4 Å². The van der Waals surface area contributed by atoms with E-state index in [0.717, 1.165) is 12.8 Å². The Labute approximate surface area is 109 Å². The van der Waals surface area contributed by atoms with Gasteiger partial charge >= 0.3 is 11.9 Å². The van der Waals surface area contributed by atoms with Gasteiger partial charge in [0.25, 0.3) is 0 Å². The minimum Gasteiger partial charge on any atom is -0.466 e. The molecule has 5 nitrogen and oxygen atoms in total. The van der Waals surface area contributed by atoms with E-state index in [0.29, 0.717) is 19.1 Å². The molecular formula is C13H24O5. The van der Waals surface area contributed by atoms with Gasteiger partial charge in [-0.2, -0.15) is 0 Å². The molecule has 0 atom stereocenters. The van der Waals surface area contributed by atoms with Gasteiger partial charge in [0.05, 0.1) is 26.1 Å². The van der Waals surface area contributed by atoms with Crippen LogP contribution in [0.25, 0.3) is 0 Å². The van der Waals surface area contributed by atoms with Gasteiger partial charge in [-0.1, -0.05) is 13.8 Å². The maximum Gasteiger partial charge on any atom is 0.306 e. The van der Waals surface area contributed by atoms with Gasteiger partial charge in [-0.3, -0.25) is 9.59 Å². The zero-order chi connectivity index (χ0) is 13.8.